The summed E-state index contributed by atoms with van der Waals surface area (Å²) in [5.74, 6) is -0.603. The molecule has 43 heavy (non-hydrogen) atoms. The topological polar surface area (TPSA) is 103 Å². The molecule has 0 aliphatic carbocycles. The third-order valence-corrected chi connectivity index (χ3v) is 7.01. The normalized spacial score (nSPS) is 16.5. The van der Waals surface area contributed by atoms with Crippen LogP contribution in [0.15, 0.2) is 115 Å². The highest BCUT2D eigenvalue weighted by Gasteiger charge is 2.58. The molecular weight excluding hydrogens is 548 g/mol. The number of amides is 2. The second-order valence-electron chi connectivity index (χ2n) is 9.95. The molecule has 1 saturated heterocycles. The number of β-lactam (4-membered cyclic amide) rings is 1. The van der Waals surface area contributed by atoms with E-state index in [0.717, 1.165) is 11.1 Å². The molecule has 1 aliphatic rings. The molecular formula is C34H32N2O7. The van der Waals surface area contributed by atoms with Crippen molar-refractivity contribution in [2.75, 3.05) is 20.3 Å². The number of para-hydroxylation sites is 1. The molecule has 1 aliphatic heterocycles. The maximum absolute atomic E-state index is 13.6. The highest BCUT2D eigenvalue weighted by molar-refractivity contribution is 5.98. The average Bonchev–Trinajstić information content (AvgIpc) is 3.06. The van der Waals surface area contributed by atoms with Crippen molar-refractivity contribution in [2.45, 2.75) is 25.0 Å². The smallest absolute Gasteiger partial charge is 0.333 e. The SMILES string of the molecule is COC1(NC(=O)COc2ccccc2)CN(C(C(=O)OCc2ccccc2)c2ccc(OCc3ccccc3)cc2)C1=O. The van der Waals surface area contributed by atoms with Gasteiger partial charge in [0.25, 0.3) is 11.8 Å². The summed E-state index contributed by atoms with van der Waals surface area (Å²) in [5.41, 5.74) is 0.730. The Morgan fingerprint density at radius 2 is 1.33 bits per heavy atom. The Kier molecular flexibility index (Phi) is 9.33. The van der Waals surface area contributed by atoms with Crippen molar-refractivity contribution in [3.05, 3.63) is 132 Å². The largest absolute Gasteiger partial charge is 0.489 e. The van der Waals surface area contributed by atoms with Crippen LogP contribution in [0.5, 0.6) is 11.5 Å². The molecule has 1 N–H and O–H groups in total. The molecule has 4 aromatic rings. The minimum atomic E-state index is -1.63. The van der Waals surface area contributed by atoms with Crippen LogP contribution in [0.2, 0.25) is 0 Å². The van der Waals surface area contributed by atoms with Crippen molar-refractivity contribution in [3.63, 3.8) is 0 Å². The number of hydrogen-bond acceptors (Lipinski definition) is 7. The van der Waals surface area contributed by atoms with Crippen molar-refractivity contribution < 1.29 is 33.3 Å². The Balaban J connectivity index is 1.29. The highest BCUT2D eigenvalue weighted by atomic mass is 16.5. The molecule has 1 fully saturated rings. The summed E-state index contributed by atoms with van der Waals surface area (Å²) in [5, 5.41) is 2.62. The third-order valence-electron chi connectivity index (χ3n) is 7.01. The molecule has 1 heterocycles. The predicted octanol–water partition coefficient (Wildman–Crippen LogP) is 4.43. The van der Waals surface area contributed by atoms with Gasteiger partial charge in [-0.15, -0.1) is 0 Å². The summed E-state index contributed by atoms with van der Waals surface area (Å²) in [6, 6.07) is 33.7. The van der Waals surface area contributed by atoms with Gasteiger partial charge in [-0.1, -0.05) is 91.0 Å². The van der Waals surface area contributed by atoms with Crippen molar-refractivity contribution in [1.29, 1.82) is 0 Å². The fourth-order valence-corrected chi connectivity index (χ4v) is 4.69. The van der Waals surface area contributed by atoms with Crippen LogP contribution in [-0.2, 0) is 37.1 Å². The molecule has 0 spiro atoms. The Labute approximate surface area is 249 Å². The lowest BCUT2D eigenvalue weighted by atomic mass is 9.95. The standard InChI is InChI=1S/C34H32N2O7/c1-40-34(35-30(37)23-42-28-15-9-4-10-16-28)24-36(33(34)39)31(32(38)43-22-26-13-7-3-8-14-26)27-17-19-29(20-18-27)41-21-25-11-5-2-6-12-25/h2-20,31H,21-24H2,1H3,(H,35,37). The minimum Gasteiger partial charge on any atom is -0.489 e. The zero-order valence-corrected chi connectivity index (χ0v) is 23.7. The lowest BCUT2D eigenvalue weighted by Crippen LogP contribution is -2.76. The number of nitrogens with zero attached hydrogens (tertiary/aromatic N) is 1. The van der Waals surface area contributed by atoms with Crippen LogP contribution in [0.3, 0.4) is 0 Å². The van der Waals surface area contributed by atoms with Crippen molar-refractivity contribution in [1.82, 2.24) is 10.2 Å². The minimum absolute atomic E-state index is 0.0411. The number of likely N-dealkylation sites (tertiary alicyclic amines) is 1. The van der Waals surface area contributed by atoms with Crippen LogP contribution in [-0.4, -0.2) is 48.7 Å². The maximum atomic E-state index is 13.6. The molecule has 9 nitrogen and oxygen atoms in total. The number of benzene rings is 4. The number of esters is 1. The molecule has 5 rings (SSSR count). The summed E-state index contributed by atoms with van der Waals surface area (Å²) in [4.78, 5) is 41.0. The molecule has 0 bridgehead atoms. The number of carbonyl (C=O) groups excluding carboxylic acids is 3. The highest BCUT2D eigenvalue weighted by Crippen LogP contribution is 2.35. The van der Waals surface area contributed by atoms with Gasteiger partial charge in [0, 0.05) is 7.11 Å². The fourth-order valence-electron chi connectivity index (χ4n) is 4.69. The Bertz CT molecular complexity index is 1520. The summed E-state index contributed by atoms with van der Waals surface area (Å²) in [7, 11) is 1.33. The van der Waals surface area contributed by atoms with Gasteiger partial charge < -0.3 is 29.2 Å². The monoisotopic (exact) mass is 580 g/mol. The van der Waals surface area contributed by atoms with E-state index in [1.165, 1.54) is 12.0 Å². The molecule has 0 saturated carbocycles. The van der Waals surface area contributed by atoms with E-state index in [9.17, 15) is 14.4 Å². The number of methoxy groups -OCH3 is 1. The number of nitrogens with one attached hydrogen (secondary N) is 1. The van der Waals surface area contributed by atoms with Crippen molar-refractivity contribution in [2.24, 2.45) is 0 Å². The average molecular weight is 581 g/mol. The van der Waals surface area contributed by atoms with Crippen LogP contribution < -0.4 is 14.8 Å². The Hall–Kier alpha value is -5.15. The van der Waals surface area contributed by atoms with Crippen LogP contribution >= 0.6 is 0 Å². The van der Waals surface area contributed by atoms with E-state index in [1.54, 1.807) is 48.5 Å². The fraction of sp³-hybridized carbons (Fsp3) is 0.206. The summed E-state index contributed by atoms with van der Waals surface area (Å²) in [6.07, 6.45) is 0. The summed E-state index contributed by atoms with van der Waals surface area (Å²) in [6.45, 7) is 0.0447. The van der Waals surface area contributed by atoms with E-state index < -0.39 is 29.6 Å². The molecule has 2 unspecified atom stereocenters. The molecule has 0 radical (unpaired) electrons. The van der Waals surface area contributed by atoms with Gasteiger partial charge in [-0.2, -0.15) is 0 Å². The second kappa shape index (κ2) is 13.7. The van der Waals surface area contributed by atoms with Gasteiger partial charge in [0.1, 0.15) is 24.7 Å². The third kappa shape index (κ3) is 7.20. The quantitative estimate of drug-likeness (QED) is 0.142. The van der Waals surface area contributed by atoms with Crippen molar-refractivity contribution in [3.8, 4) is 11.5 Å². The summed E-state index contributed by atoms with van der Waals surface area (Å²) >= 11 is 0. The van der Waals surface area contributed by atoms with Crippen LogP contribution in [0.25, 0.3) is 0 Å². The van der Waals surface area contributed by atoms with E-state index in [-0.39, 0.29) is 19.8 Å². The molecule has 2 amide bonds. The molecule has 220 valence electrons. The summed E-state index contributed by atoms with van der Waals surface area (Å²) < 4.78 is 22.5. The number of ether oxygens (including phenoxy) is 4. The van der Waals surface area contributed by atoms with Crippen LogP contribution in [0.1, 0.15) is 22.7 Å². The van der Waals surface area contributed by atoms with Gasteiger partial charge in [-0.05, 0) is 41.0 Å². The first-order valence-electron chi connectivity index (χ1n) is 13.8. The van der Waals surface area contributed by atoms with Gasteiger partial charge in [-0.3, -0.25) is 9.59 Å². The van der Waals surface area contributed by atoms with E-state index in [1.807, 2.05) is 66.7 Å². The Morgan fingerprint density at radius 1 is 0.767 bits per heavy atom. The maximum Gasteiger partial charge on any atom is 0.333 e. The van der Waals surface area contributed by atoms with E-state index >= 15 is 0 Å². The molecule has 0 aromatic heterocycles. The van der Waals surface area contributed by atoms with Gasteiger partial charge >= 0.3 is 5.97 Å². The first kappa shape index (κ1) is 29.3. The first-order chi connectivity index (χ1) is 21.0. The van der Waals surface area contributed by atoms with Gasteiger partial charge in [-0.25, -0.2) is 4.79 Å². The zero-order chi connectivity index (χ0) is 30.1. The molecule has 9 heteroatoms. The van der Waals surface area contributed by atoms with Crippen LogP contribution in [0.4, 0.5) is 0 Å². The van der Waals surface area contributed by atoms with E-state index in [2.05, 4.69) is 5.32 Å². The van der Waals surface area contributed by atoms with Gasteiger partial charge in [0.2, 0.25) is 5.72 Å². The molecule has 2 atom stereocenters. The first-order valence-corrected chi connectivity index (χ1v) is 13.8. The number of carbonyl (C=O) groups is 3. The van der Waals surface area contributed by atoms with Crippen molar-refractivity contribution >= 4 is 17.8 Å². The van der Waals surface area contributed by atoms with Crippen LogP contribution in [0, 0.1) is 0 Å². The van der Waals surface area contributed by atoms with Gasteiger partial charge in [0.05, 0.1) is 6.54 Å². The lowest BCUT2D eigenvalue weighted by molar-refractivity contribution is -0.199. The number of hydrogen-bond donors (Lipinski definition) is 1. The van der Waals surface area contributed by atoms with E-state index in [0.29, 0.717) is 23.7 Å². The van der Waals surface area contributed by atoms with E-state index in [4.69, 9.17) is 18.9 Å². The predicted molar refractivity (Wildman–Crippen MR) is 158 cm³/mol. The number of rotatable bonds is 13. The Morgan fingerprint density at radius 3 is 1.91 bits per heavy atom. The zero-order valence-electron chi connectivity index (χ0n) is 23.7. The second-order valence-corrected chi connectivity index (χ2v) is 9.95. The van der Waals surface area contributed by atoms with Gasteiger partial charge in [0.15, 0.2) is 12.6 Å². The molecule has 4 aromatic carbocycles. The lowest BCUT2D eigenvalue weighted by Gasteiger charge is -2.49.